The minimum atomic E-state index is -0.276. The van der Waals surface area contributed by atoms with Crippen LogP contribution in [0.5, 0.6) is 0 Å². The number of esters is 1. The summed E-state index contributed by atoms with van der Waals surface area (Å²) in [6.07, 6.45) is 1.81. The minimum Gasteiger partial charge on any atom is -0.465 e. The number of Topliss-reactive ketones (excluding diaryl/α,β-unsaturated/α-hetero) is 1. The number of nitrogens with zero attached hydrogens (tertiary/aromatic N) is 1. The van der Waals surface area contributed by atoms with Crippen molar-refractivity contribution < 1.29 is 14.3 Å². The molecular formula is C15H21NO3S. The fourth-order valence-corrected chi connectivity index (χ4v) is 2.69. The SMILES string of the molecule is C=CCn1c(C)cc(C(=O)CSCC(=O)OCC)c1C. The Morgan fingerprint density at radius 1 is 1.40 bits per heavy atom. The van der Waals surface area contributed by atoms with Gasteiger partial charge in [0.1, 0.15) is 0 Å². The summed E-state index contributed by atoms with van der Waals surface area (Å²) in [5, 5.41) is 0. The zero-order chi connectivity index (χ0) is 15.1. The maximum absolute atomic E-state index is 12.2. The molecule has 110 valence electrons. The molecule has 0 aliphatic rings. The van der Waals surface area contributed by atoms with E-state index in [-0.39, 0.29) is 23.3 Å². The van der Waals surface area contributed by atoms with Crippen molar-refractivity contribution in [2.24, 2.45) is 0 Å². The number of carbonyl (C=O) groups excluding carboxylic acids is 2. The number of hydrogen-bond donors (Lipinski definition) is 0. The van der Waals surface area contributed by atoms with Gasteiger partial charge in [-0.2, -0.15) is 0 Å². The van der Waals surface area contributed by atoms with Crippen LogP contribution in [-0.4, -0.2) is 34.4 Å². The molecule has 0 aliphatic carbocycles. The Bertz CT molecular complexity index is 505. The number of rotatable bonds is 8. The van der Waals surface area contributed by atoms with Crippen molar-refractivity contribution >= 4 is 23.5 Å². The predicted molar refractivity (Wildman–Crippen MR) is 82.4 cm³/mol. The van der Waals surface area contributed by atoms with Crippen LogP contribution in [0.3, 0.4) is 0 Å². The molecule has 0 saturated heterocycles. The molecule has 5 heteroatoms. The fraction of sp³-hybridized carbons (Fsp3) is 0.467. The van der Waals surface area contributed by atoms with Crippen molar-refractivity contribution in [2.75, 3.05) is 18.1 Å². The first-order valence-corrected chi connectivity index (χ1v) is 7.70. The van der Waals surface area contributed by atoms with Gasteiger partial charge in [0.05, 0.1) is 18.1 Å². The number of carbonyl (C=O) groups is 2. The van der Waals surface area contributed by atoms with E-state index in [1.165, 1.54) is 11.8 Å². The summed E-state index contributed by atoms with van der Waals surface area (Å²) in [5.74, 6) is 0.271. The maximum Gasteiger partial charge on any atom is 0.315 e. The number of hydrogen-bond acceptors (Lipinski definition) is 4. The van der Waals surface area contributed by atoms with Crippen LogP contribution >= 0.6 is 11.8 Å². The number of aryl methyl sites for hydroxylation is 1. The molecule has 0 aliphatic heterocycles. The normalized spacial score (nSPS) is 10.3. The van der Waals surface area contributed by atoms with Gasteiger partial charge < -0.3 is 9.30 Å². The molecule has 20 heavy (non-hydrogen) atoms. The molecule has 0 spiro atoms. The molecule has 0 aromatic carbocycles. The van der Waals surface area contributed by atoms with Gasteiger partial charge in [-0.25, -0.2) is 0 Å². The predicted octanol–water partition coefficient (Wildman–Crippen LogP) is 2.77. The largest absolute Gasteiger partial charge is 0.465 e. The van der Waals surface area contributed by atoms with E-state index in [0.29, 0.717) is 13.2 Å². The number of allylic oxidation sites excluding steroid dienone is 1. The monoisotopic (exact) mass is 295 g/mol. The Kier molecular flexibility index (Phi) is 6.58. The first-order chi connectivity index (χ1) is 9.51. The smallest absolute Gasteiger partial charge is 0.315 e. The maximum atomic E-state index is 12.2. The average Bonchev–Trinajstić information content (AvgIpc) is 2.67. The van der Waals surface area contributed by atoms with Crippen LogP contribution in [0.25, 0.3) is 0 Å². The van der Waals surface area contributed by atoms with Gasteiger partial charge in [-0.05, 0) is 26.8 Å². The molecule has 0 amide bonds. The van der Waals surface area contributed by atoms with E-state index >= 15 is 0 Å². The van der Waals surface area contributed by atoms with E-state index < -0.39 is 0 Å². The molecule has 0 fully saturated rings. The van der Waals surface area contributed by atoms with Crippen LogP contribution in [0.1, 0.15) is 28.7 Å². The zero-order valence-electron chi connectivity index (χ0n) is 12.3. The van der Waals surface area contributed by atoms with Crippen molar-refractivity contribution in [3.05, 3.63) is 35.7 Å². The molecule has 1 heterocycles. The number of aromatic nitrogens is 1. The van der Waals surface area contributed by atoms with Crippen molar-refractivity contribution in [3.63, 3.8) is 0 Å². The molecule has 4 nitrogen and oxygen atoms in total. The van der Waals surface area contributed by atoms with E-state index in [0.717, 1.165) is 17.0 Å². The highest BCUT2D eigenvalue weighted by atomic mass is 32.2. The van der Waals surface area contributed by atoms with E-state index in [1.807, 2.05) is 26.0 Å². The average molecular weight is 295 g/mol. The number of thioether (sulfide) groups is 1. The van der Waals surface area contributed by atoms with Crippen LogP contribution in [0.2, 0.25) is 0 Å². The molecule has 1 rings (SSSR count). The lowest BCUT2D eigenvalue weighted by Crippen LogP contribution is -2.10. The second kappa shape index (κ2) is 7.94. The highest BCUT2D eigenvalue weighted by Crippen LogP contribution is 2.17. The van der Waals surface area contributed by atoms with Gasteiger partial charge in [0.25, 0.3) is 0 Å². The van der Waals surface area contributed by atoms with Gasteiger partial charge in [-0.3, -0.25) is 9.59 Å². The zero-order valence-corrected chi connectivity index (χ0v) is 13.1. The third kappa shape index (κ3) is 4.27. The summed E-state index contributed by atoms with van der Waals surface area (Å²) in [5.41, 5.74) is 2.71. The van der Waals surface area contributed by atoms with Gasteiger partial charge in [0.15, 0.2) is 5.78 Å². The van der Waals surface area contributed by atoms with Crippen LogP contribution in [-0.2, 0) is 16.1 Å². The molecule has 0 atom stereocenters. The second-order valence-electron chi connectivity index (χ2n) is 4.41. The molecule has 0 N–H and O–H groups in total. The molecule has 1 aromatic heterocycles. The topological polar surface area (TPSA) is 48.3 Å². The summed E-state index contributed by atoms with van der Waals surface area (Å²) in [6.45, 7) is 10.5. The summed E-state index contributed by atoms with van der Waals surface area (Å²) in [7, 11) is 0. The molecule has 0 bridgehead atoms. The quantitative estimate of drug-likeness (QED) is 0.420. The van der Waals surface area contributed by atoms with Crippen molar-refractivity contribution in [1.82, 2.24) is 4.57 Å². The minimum absolute atomic E-state index is 0.0442. The summed E-state index contributed by atoms with van der Waals surface area (Å²) >= 11 is 1.29. The van der Waals surface area contributed by atoms with Gasteiger partial charge in [-0.1, -0.05) is 6.08 Å². The Hall–Kier alpha value is -1.49. The molecule has 1 aromatic rings. The van der Waals surface area contributed by atoms with E-state index in [4.69, 9.17) is 4.74 Å². The Morgan fingerprint density at radius 3 is 2.70 bits per heavy atom. The Balaban J connectivity index is 2.62. The van der Waals surface area contributed by atoms with Crippen molar-refractivity contribution in [3.8, 4) is 0 Å². The Labute approximate surface area is 124 Å². The van der Waals surface area contributed by atoms with Crippen LogP contribution in [0.15, 0.2) is 18.7 Å². The molecule has 0 unspecified atom stereocenters. The third-order valence-electron chi connectivity index (χ3n) is 2.94. The molecule has 0 saturated carbocycles. The second-order valence-corrected chi connectivity index (χ2v) is 5.39. The van der Waals surface area contributed by atoms with Crippen LogP contribution in [0, 0.1) is 13.8 Å². The summed E-state index contributed by atoms with van der Waals surface area (Å²) < 4.78 is 6.87. The highest BCUT2D eigenvalue weighted by molar-refractivity contribution is 8.00. The number of ether oxygens (including phenoxy) is 1. The fourth-order valence-electron chi connectivity index (χ4n) is 2.00. The first-order valence-electron chi connectivity index (χ1n) is 6.55. The summed E-state index contributed by atoms with van der Waals surface area (Å²) in [6, 6.07) is 1.89. The lowest BCUT2D eigenvalue weighted by Gasteiger charge is -2.06. The first kappa shape index (κ1) is 16.6. The van der Waals surface area contributed by atoms with Gasteiger partial charge in [-0.15, -0.1) is 18.3 Å². The highest BCUT2D eigenvalue weighted by Gasteiger charge is 2.15. The van der Waals surface area contributed by atoms with Crippen molar-refractivity contribution in [2.45, 2.75) is 27.3 Å². The van der Waals surface area contributed by atoms with E-state index in [9.17, 15) is 9.59 Å². The van der Waals surface area contributed by atoms with Crippen molar-refractivity contribution in [1.29, 1.82) is 0 Å². The standard InChI is InChI=1S/C15H21NO3S/c1-5-7-16-11(3)8-13(12(16)4)14(17)9-20-10-15(18)19-6-2/h5,8H,1,6-7,9-10H2,2-4H3. The lowest BCUT2D eigenvalue weighted by atomic mass is 10.2. The number of ketones is 1. The molecule has 0 radical (unpaired) electrons. The van der Waals surface area contributed by atoms with Crippen LogP contribution < -0.4 is 0 Å². The van der Waals surface area contributed by atoms with Gasteiger partial charge >= 0.3 is 5.97 Å². The van der Waals surface area contributed by atoms with E-state index in [1.54, 1.807) is 6.92 Å². The Morgan fingerprint density at radius 2 is 2.10 bits per heavy atom. The van der Waals surface area contributed by atoms with Crippen LogP contribution in [0.4, 0.5) is 0 Å². The van der Waals surface area contributed by atoms with E-state index in [2.05, 4.69) is 11.1 Å². The third-order valence-corrected chi connectivity index (χ3v) is 3.85. The van der Waals surface area contributed by atoms with Gasteiger partial charge in [0.2, 0.25) is 0 Å². The van der Waals surface area contributed by atoms with Gasteiger partial charge in [0, 0.05) is 23.5 Å². The molecular weight excluding hydrogens is 274 g/mol. The summed E-state index contributed by atoms with van der Waals surface area (Å²) in [4.78, 5) is 23.4. The lowest BCUT2D eigenvalue weighted by molar-refractivity contribution is -0.139.